The molecule has 1 saturated carbocycles. The van der Waals surface area contributed by atoms with Crippen LogP contribution >= 0.6 is 11.6 Å². The summed E-state index contributed by atoms with van der Waals surface area (Å²) in [6.07, 6.45) is 2.58. The van der Waals surface area contributed by atoms with Gasteiger partial charge in [-0.3, -0.25) is 0 Å². The van der Waals surface area contributed by atoms with E-state index in [1.165, 1.54) is 12.8 Å². The van der Waals surface area contributed by atoms with E-state index in [9.17, 15) is 0 Å². The lowest BCUT2D eigenvalue weighted by molar-refractivity contribution is 0.447. The minimum absolute atomic E-state index is 0.394. The zero-order chi connectivity index (χ0) is 12.7. The van der Waals surface area contributed by atoms with Crippen LogP contribution in [0, 0.1) is 5.92 Å². The van der Waals surface area contributed by atoms with E-state index in [0.717, 1.165) is 28.0 Å². The van der Waals surface area contributed by atoms with E-state index in [-0.39, 0.29) is 0 Å². The molecule has 1 heterocycles. The molecule has 3 rings (SSSR count). The monoisotopic (exact) mass is 261 g/mol. The third-order valence-electron chi connectivity index (χ3n) is 3.59. The fourth-order valence-electron chi connectivity index (χ4n) is 2.28. The van der Waals surface area contributed by atoms with E-state index >= 15 is 0 Å². The number of nitrogen functional groups attached to an aromatic ring is 1. The number of hydrogen-bond donors (Lipinski definition) is 1. The first-order valence-electron chi connectivity index (χ1n) is 6.26. The van der Waals surface area contributed by atoms with Gasteiger partial charge in [-0.1, -0.05) is 23.7 Å². The molecule has 1 aliphatic rings. The van der Waals surface area contributed by atoms with Gasteiger partial charge in [-0.2, -0.15) is 5.10 Å². The molecule has 0 radical (unpaired) electrons. The number of nitrogens with zero attached hydrogens (tertiary/aromatic N) is 2. The Morgan fingerprint density at radius 3 is 2.61 bits per heavy atom. The van der Waals surface area contributed by atoms with E-state index in [4.69, 9.17) is 17.3 Å². The van der Waals surface area contributed by atoms with Gasteiger partial charge in [-0.05, 0) is 37.8 Å². The van der Waals surface area contributed by atoms with Crippen LogP contribution in [0.25, 0.3) is 11.3 Å². The Hall–Kier alpha value is -1.48. The topological polar surface area (TPSA) is 43.8 Å². The molecule has 0 aliphatic heterocycles. The molecule has 1 aliphatic carbocycles. The number of rotatable bonds is 3. The van der Waals surface area contributed by atoms with Crippen molar-refractivity contribution < 1.29 is 0 Å². The minimum Gasteiger partial charge on any atom is -0.384 e. The van der Waals surface area contributed by atoms with Gasteiger partial charge in [0.2, 0.25) is 0 Å². The van der Waals surface area contributed by atoms with Gasteiger partial charge in [-0.25, -0.2) is 4.68 Å². The first kappa shape index (κ1) is 11.6. The Kier molecular flexibility index (Phi) is 2.78. The van der Waals surface area contributed by atoms with Gasteiger partial charge in [0.1, 0.15) is 5.82 Å². The van der Waals surface area contributed by atoms with Crippen LogP contribution in [-0.4, -0.2) is 9.78 Å². The number of anilines is 1. The molecule has 2 N–H and O–H groups in total. The molecule has 0 saturated heterocycles. The van der Waals surface area contributed by atoms with Crippen molar-refractivity contribution in [1.82, 2.24) is 9.78 Å². The Morgan fingerprint density at radius 1 is 1.33 bits per heavy atom. The summed E-state index contributed by atoms with van der Waals surface area (Å²) in [6.45, 7) is 2.19. The van der Waals surface area contributed by atoms with Crippen molar-refractivity contribution in [2.75, 3.05) is 5.73 Å². The molecular formula is C14H16ClN3. The van der Waals surface area contributed by atoms with Crippen LogP contribution < -0.4 is 5.73 Å². The second-order valence-electron chi connectivity index (χ2n) is 4.98. The van der Waals surface area contributed by atoms with Crippen molar-refractivity contribution in [3.8, 4) is 11.3 Å². The first-order valence-corrected chi connectivity index (χ1v) is 6.64. The van der Waals surface area contributed by atoms with Crippen LogP contribution in [0.15, 0.2) is 30.3 Å². The summed E-state index contributed by atoms with van der Waals surface area (Å²) in [5, 5.41) is 5.35. The summed E-state index contributed by atoms with van der Waals surface area (Å²) in [5.41, 5.74) is 8.01. The van der Waals surface area contributed by atoms with Gasteiger partial charge in [0.05, 0.1) is 11.7 Å². The summed E-state index contributed by atoms with van der Waals surface area (Å²) in [5.74, 6) is 1.48. The Balaban J connectivity index is 1.93. The molecule has 0 amide bonds. The van der Waals surface area contributed by atoms with E-state index in [1.54, 1.807) is 0 Å². The van der Waals surface area contributed by atoms with Gasteiger partial charge in [-0.15, -0.1) is 0 Å². The van der Waals surface area contributed by atoms with Crippen molar-refractivity contribution in [3.63, 3.8) is 0 Å². The number of halogens is 1. The fourth-order valence-corrected chi connectivity index (χ4v) is 2.40. The molecule has 1 fully saturated rings. The second-order valence-corrected chi connectivity index (χ2v) is 5.42. The van der Waals surface area contributed by atoms with E-state index in [2.05, 4.69) is 12.0 Å². The molecular weight excluding hydrogens is 246 g/mol. The lowest BCUT2D eigenvalue weighted by Crippen LogP contribution is -2.11. The van der Waals surface area contributed by atoms with Crippen LogP contribution in [0.5, 0.6) is 0 Å². The molecule has 3 nitrogen and oxygen atoms in total. The lowest BCUT2D eigenvalue weighted by Gasteiger charge is -2.12. The largest absolute Gasteiger partial charge is 0.384 e. The summed E-state index contributed by atoms with van der Waals surface area (Å²) >= 11 is 5.89. The van der Waals surface area contributed by atoms with Crippen molar-refractivity contribution in [2.24, 2.45) is 5.92 Å². The van der Waals surface area contributed by atoms with Crippen molar-refractivity contribution >= 4 is 17.4 Å². The maximum Gasteiger partial charge on any atom is 0.122 e. The Morgan fingerprint density at radius 2 is 2.00 bits per heavy atom. The van der Waals surface area contributed by atoms with Crippen molar-refractivity contribution in [1.29, 1.82) is 0 Å². The van der Waals surface area contributed by atoms with Gasteiger partial charge in [0.25, 0.3) is 0 Å². The summed E-state index contributed by atoms with van der Waals surface area (Å²) in [6, 6.07) is 10.0. The summed E-state index contributed by atoms with van der Waals surface area (Å²) < 4.78 is 1.95. The zero-order valence-electron chi connectivity index (χ0n) is 10.3. The predicted molar refractivity (Wildman–Crippen MR) is 74.5 cm³/mol. The maximum absolute atomic E-state index is 6.05. The van der Waals surface area contributed by atoms with Gasteiger partial charge in [0.15, 0.2) is 0 Å². The van der Waals surface area contributed by atoms with E-state index in [0.29, 0.717) is 6.04 Å². The minimum atomic E-state index is 0.394. The van der Waals surface area contributed by atoms with E-state index < -0.39 is 0 Å². The SMILES string of the molecule is CC(C1CC1)n1nc(-c2ccc(Cl)cc2)cc1N. The smallest absolute Gasteiger partial charge is 0.122 e. The van der Waals surface area contributed by atoms with Crippen LogP contribution in [-0.2, 0) is 0 Å². The molecule has 1 atom stereocenters. The standard InChI is InChI=1S/C14H16ClN3/c1-9(10-2-3-10)18-14(16)8-13(17-18)11-4-6-12(15)7-5-11/h4-10H,2-3,16H2,1H3. The Labute approximate surface area is 112 Å². The van der Waals surface area contributed by atoms with Crippen LogP contribution in [0.4, 0.5) is 5.82 Å². The van der Waals surface area contributed by atoms with Gasteiger partial charge in [0, 0.05) is 16.7 Å². The maximum atomic E-state index is 6.05. The molecule has 1 aromatic carbocycles. The summed E-state index contributed by atoms with van der Waals surface area (Å²) in [7, 11) is 0. The average molecular weight is 262 g/mol. The van der Waals surface area contributed by atoms with Crippen LogP contribution in [0.1, 0.15) is 25.8 Å². The van der Waals surface area contributed by atoms with Gasteiger partial charge >= 0.3 is 0 Å². The number of nitrogens with two attached hydrogens (primary N) is 1. The molecule has 1 aromatic heterocycles. The molecule has 1 unspecified atom stereocenters. The third kappa shape index (κ3) is 2.10. The molecule has 94 valence electrons. The molecule has 0 spiro atoms. The highest BCUT2D eigenvalue weighted by atomic mass is 35.5. The number of benzene rings is 1. The highest BCUT2D eigenvalue weighted by molar-refractivity contribution is 6.30. The van der Waals surface area contributed by atoms with Crippen LogP contribution in [0.2, 0.25) is 5.02 Å². The first-order chi connectivity index (χ1) is 8.65. The highest BCUT2D eigenvalue weighted by Gasteiger charge is 2.30. The lowest BCUT2D eigenvalue weighted by atomic mass is 10.1. The van der Waals surface area contributed by atoms with Crippen LogP contribution in [0.3, 0.4) is 0 Å². The molecule has 4 heteroatoms. The van der Waals surface area contributed by atoms with Crippen molar-refractivity contribution in [3.05, 3.63) is 35.4 Å². The fraction of sp³-hybridized carbons (Fsp3) is 0.357. The zero-order valence-corrected chi connectivity index (χ0v) is 11.1. The quantitative estimate of drug-likeness (QED) is 0.914. The third-order valence-corrected chi connectivity index (χ3v) is 3.85. The highest BCUT2D eigenvalue weighted by Crippen LogP contribution is 2.40. The average Bonchev–Trinajstić information content (AvgIpc) is 3.13. The number of aromatic nitrogens is 2. The normalized spacial score (nSPS) is 16.8. The predicted octanol–water partition coefficient (Wildman–Crippen LogP) is 3.76. The Bertz CT molecular complexity index is 555. The van der Waals surface area contributed by atoms with Crippen molar-refractivity contribution in [2.45, 2.75) is 25.8 Å². The number of hydrogen-bond acceptors (Lipinski definition) is 2. The molecule has 18 heavy (non-hydrogen) atoms. The van der Waals surface area contributed by atoms with E-state index in [1.807, 2.05) is 35.0 Å². The van der Waals surface area contributed by atoms with Gasteiger partial charge < -0.3 is 5.73 Å². The summed E-state index contributed by atoms with van der Waals surface area (Å²) in [4.78, 5) is 0. The molecule has 0 bridgehead atoms. The second kappa shape index (κ2) is 4.32. The molecule has 2 aromatic rings.